The van der Waals surface area contributed by atoms with E-state index in [1.165, 1.54) is 0 Å². The Labute approximate surface area is 244 Å². The topological polar surface area (TPSA) is 56.0 Å². The number of benzene rings is 4. The van der Waals surface area contributed by atoms with Crippen LogP contribution in [0.1, 0.15) is 63.3 Å². The van der Waals surface area contributed by atoms with E-state index in [-0.39, 0.29) is 23.4 Å². The van der Waals surface area contributed by atoms with Crippen molar-refractivity contribution in [3.63, 3.8) is 0 Å². The number of rotatable bonds is 1. The molecule has 6 aromatic rings. The molecule has 1 amide bonds. The minimum atomic E-state index is -0.167. The molecule has 7 heteroatoms. The van der Waals surface area contributed by atoms with Crippen LogP contribution in [0.25, 0.3) is 33.2 Å². The van der Waals surface area contributed by atoms with Gasteiger partial charge in [-0.25, -0.2) is 9.36 Å². The molecule has 6 nitrogen and oxygen atoms in total. The predicted molar refractivity (Wildman–Crippen MR) is 171 cm³/mol. The van der Waals surface area contributed by atoms with Crippen LogP contribution < -0.4 is 21.3 Å². The highest BCUT2D eigenvalue weighted by Crippen LogP contribution is 2.41. The summed E-state index contributed by atoms with van der Waals surface area (Å²) in [5, 5.41) is 12.8. The highest BCUT2D eigenvalue weighted by Gasteiger charge is 2.48. The molecule has 4 aromatic carbocycles. The Bertz CT molecular complexity index is 2190. The van der Waals surface area contributed by atoms with Crippen LogP contribution in [0, 0.1) is 0 Å². The summed E-state index contributed by atoms with van der Waals surface area (Å²) in [5.74, 6) is -0.0174. The molecule has 0 atom stereocenters. The van der Waals surface area contributed by atoms with Crippen LogP contribution in [-0.4, -0.2) is 32.2 Å². The fourth-order valence-electron chi connectivity index (χ4n) is 7.57. The lowest BCUT2D eigenvalue weighted by molar-refractivity contribution is 0.100. The van der Waals surface area contributed by atoms with Crippen LogP contribution in [0.3, 0.4) is 0 Å². The van der Waals surface area contributed by atoms with Crippen LogP contribution in [0.2, 0.25) is 0 Å². The first kappa shape index (κ1) is 24.0. The highest BCUT2D eigenvalue weighted by atomic mass is 16.2. The summed E-state index contributed by atoms with van der Waals surface area (Å²) in [7, 11) is 0. The molecular formula is C35H30BN5O. The third-order valence-electron chi connectivity index (χ3n) is 9.24. The van der Waals surface area contributed by atoms with Gasteiger partial charge in [0.25, 0.3) is 12.6 Å². The second kappa shape index (κ2) is 7.40. The minimum absolute atomic E-state index is 0.0174. The van der Waals surface area contributed by atoms with E-state index in [1.807, 2.05) is 41.3 Å². The SMILES string of the molecule is CC(C)(C)c1nn2c3c4c(ccc13)C(=O)N(c1ccccc1)c1ccc3c(C(C)(C)C)nn5c3c1B4c1c-2cccc1-5. The van der Waals surface area contributed by atoms with E-state index in [0.29, 0.717) is 0 Å². The molecule has 0 radical (unpaired) electrons. The van der Waals surface area contributed by atoms with Crippen molar-refractivity contribution >= 4 is 62.2 Å². The van der Waals surface area contributed by atoms with Crippen molar-refractivity contribution in [3.05, 3.63) is 89.7 Å². The maximum absolute atomic E-state index is 14.8. The lowest BCUT2D eigenvalue weighted by Crippen LogP contribution is -2.60. The second-order valence-corrected chi connectivity index (χ2v) is 14.0. The zero-order chi connectivity index (χ0) is 28.9. The molecule has 3 aliphatic heterocycles. The van der Waals surface area contributed by atoms with E-state index in [2.05, 4.69) is 87.3 Å². The van der Waals surface area contributed by atoms with Crippen LogP contribution >= 0.6 is 0 Å². The maximum Gasteiger partial charge on any atom is 0.262 e. The molecule has 5 heterocycles. The molecule has 3 aliphatic rings. The minimum Gasteiger partial charge on any atom is -0.277 e. The molecule has 9 rings (SSSR count). The lowest BCUT2D eigenvalue weighted by atomic mass is 9.33. The smallest absolute Gasteiger partial charge is 0.262 e. The summed E-state index contributed by atoms with van der Waals surface area (Å²) < 4.78 is 4.25. The summed E-state index contributed by atoms with van der Waals surface area (Å²) >= 11 is 0. The van der Waals surface area contributed by atoms with E-state index in [1.54, 1.807) is 0 Å². The Morgan fingerprint density at radius 3 is 1.76 bits per heavy atom. The van der Waals surface area contributed by atoms with E-state index < -0.39 is 0 Å². The third kappa shape index (κ3) is 2.74. The Morgan fingerprint density at radius 1 is 0.595 bits per heavy atom. The van der Waals surface area contributed by atoms with Gasteiger partial charge >= 0.3 is 0 Å². The van der Waals surface area contributed by atoms with Crippen LogP contribution in [0.15, 0.2) is 72.8 Å². The van der Waals surface area contributed by atoms with Gasteiger partial charge in [0.05, 0.1) is 33.8 Å². The number of fused-ring (bicyclic) bond motifs is 2. The van der Waals surface area contributed by atoms with Crippen molar-refractivity contribution in [1.29, 1.82) is 0 Å². The average Bonchev–Trinajstić information content (AvgIpc) is 3.52. The van der Waals surface area contributed by atoms with E-state index in [9.17, 15) is 4.79 Å². The Balaban J connectivity index is 1.54. The number of para-hydroxylation sites is 1. The molecule has 0 N–H and O–H groups in total. The van der Waals surface area contributed by atoms with Gasteiger partial charge in [-0.2, -0.15) is 10.2 Å². The number of aromatic nitrogens is 4. The van der Waals surface area contributed by atoms with Crippen molar-refractivity contribution < 1.29 is 4.79 Å². The van der Waals surface area contributed by atoms with Gasteiger partial charge in [0.15, 0.2) is 0 Å². The van der Waals surface area contributed by atoms with Gasteiger partial charge in [-0.1, -0.05) is 71.9 Å². The number of hydrogen-bond donors (Lipinski definition) is 0. The fourth-order valence-corrected chi connectivity index (χ4v) is 7.57. The largest absolute Gasteiger partial charge is 0.277 e. The molecule has 204 valence electrons. The molecule has 0 saturated heterocycles. The maximum atomic E-state index is 14.8. The quantitative estimate of drug-likeness (QED) is 0.259. The third-order valence-corrected chi connectivity index (χ3v) is 9.24. The van der Waals surface area contributed by atoms with Gasteiger partial charge in [-0.3, -0.25) is 9.69 Å². The first-order valence-corrected chi connectivity index (χ1v) is 14.7. The van der Waals surface area contributed by atoms with Gasteiger partial charge in [-0.15, -0.1) is 0 Å². The molecule has 0 aliphatic carbocycles. The summed E-state index contributed by atoms with van der Waals surface area (Å²) in [5.41, 5.74) is 11.9. The first-order valence-electron chi connectivity index (χ1n) is 14.7. The second-order valence-electron chi connectivity index (χ2n) is 14.0. The van der Waals surface area contributed by atoms with Crippen molar-refractivity contribution in [1.82, 2.24) is 19.6 Å². The molecule has 0 spiro atoms. The van der Waals surface area contributed by atoms with Gasteiger partial charge < -0.3 is 0 Å². The molecule has 0 unspecified atom stereocenters. The van der Waals surface area contributed by atoms with Crippen molar-refractivity contribution in [2.45, 2.75) is 52.4 Å². The summed E-state index contributed by atoms with van der Waals surface area (Å²) in [6.07, 6.45) is 0. The van der Waals surface area contributed by atoms with E-state index >= 15 is 0 Å². The van der Waals surface area contributed by atoms with E-state index in [4.69, 9.17) is 10.2 Å². The van der Waals surface area contributed by atoms with Gasteiger partial charge in [0, 0.05) is 38.5 Å². The van der Waals surface area contributed by atoms with Crippen LogP contribution in [0.5, 0.6) is 0 Å². The van der Waals surface area contributed by atoms with Crippen LogP contribution in [0.4, 0.5) is 11.4 Å². The molecule has 42 heavy (non-hydrogen) atoms. The lowest BCUT2D eigenvalue weighted by Gasteiger charge is -2.32. The fraction of sp³-hybridized carbons (Fsp3) is 0.229. The predicted octanol–water partition coefficient (Wildman–Crippen LogP) is 5.39. The summed E-state index contributed by atoms with van der Waals surface area (Å²) in [4.78, 5) is 16.7. The average molecular weight is 547 g/mol. The normalized spacial score (nSPS) is 14.9. The molecule has 0 saturated carbocycles. The van der Waals surface area contributed by atoms with Gasteiger partial charge in [-0.05, 0) is 58.9 Å². The van der Waals surface area contributed by atoms with Crippen molar-refractivity contribution in [2.75, 3.05) is 4.90 Å². The Hall–Kier alpha value is -4.65. The summed E-state index contributed by atoms with van der Waals surface area (Å²) in [6.45, 7) is 13.2. The van der Waals surface area contributed by atoms with Crippen molar-refractivity contribution in [2.24, 2.45) is 0 Å². The number of carbonyl (C=O) groups excluding carboxylic acids is 1. The number of anilines is 2. The van der Waals surface area contributed by atoms with E-state index in [0.717, 1.165) is 77.9 Å². The molecular weight excluding hydrogens is 517 g/mol. The van der Waals surface area contributed by atoms with Gasteiger partial charge in [0.2, 0.25) is 0 Å². The molecule has 2 aromatic heterocycles. The molecule has 0 bridgehead atoms. The number of hydrogen-bond acceptors (Lipinski definition) is 3. The van der Waals surface area contributed by atoms with Gasteiger partial charge in [0.1, 0.15) is 0 Å². The first-order chi connectivity index (χ1) is 20.1. The summed E-state index contributed by atoms with van der Waals surface area (Å²) in [6, 6.07) is 25.0. The van der Waals surface area contributed by atoms with Crippen LogP contribution in [-0.2, 0) is 10.8 Å². The number of nitrogens with zero attached hydrogens (tertiary/aromatic N) is 5. The zero-order valence-electron chi connectivity index (χ0n) is 24.6. The monoisotopic (exact) mass is 547 g/mol. The standard InChI is InChI=1S/C35H30BN5O/c1-34(2,3)31-21-16-15-20-26-29(21)40(37-31)24-13-10-14-25-27(24)36(26)28-23(39(33(20)42)19-11-8-7-9-12-19)18-17-22-30(28)41(25)38-32(22)35(4,5)6/h7-18H,1-6H3. The van der Waals surface area contributed by atoms with Crippen molar-refractivity contribution in [3.8, 4) is 11.4 Å². The zero-order valence-corrected chi connectivity index (χ0v) is 24.6. The Kier molecular flexibility index (Phi) is 4.23. The highest BCUT2D eigenvalue weighted by molar-refractivity contribution is 7.02. The number of amides is 1. The number of carbonyl (C=O) groups is 1. The molecule has 0 fully saturated rings. The Morgan fingerprint density at radius 2 is 1.17 bits per heavy atom.